The van der Waals surface area contributed by atoms with Crippen molar-refractivity contribution in [1.29, 1.82) is 0 Å². The van der Waals surface area contributed by atoms with Crippen molar-refractivity contribution in [1.82, 2.24) is 5.32 Å². The van der Waals surface area contributed by atoms with E-state index in [9.17, 15) is 4.79 Å². The van der Waals surface area contributed by atoms with Crippen LogP contribution in [0.3, 0.4) is 0 Å². The number of hydrogen-bond acceptors (Lipinski definition) is 4. The summed E-state index contributed by atoms with van der Waals surface area (Å²) in [5, 5.41) is 3.41. The van der Waals surface area contributed by atoms with E-state index >= 15 is 0 Å². The maximum Gasteiger partial charge on any atom is 0.317 e. The molecule has 1 aliphatic heterocycles. The van der Waals surface area contributed by atoms with Crippen LogP contribution in [0.5, 0.6) is 0 Å². The van der Waals surface area contributed by atoms with Gasteiger partial charge in [0, 0.05) is 6.54 Å². The first-order valence-electron chi connectivity index (χ1n) is 7.14. The minimum Gasteiger partial charge on any atom is -0.468 e. The van der Waals surface area contributed by atoms with E-state index < -0.39 is 5.41 Å². The summed E-state index contributed by atoms with van der Waals surface area (Å²) in [5.41, 5.74) is -0.415. The lowest BCUT2D eigenvalue weighted by atomic mass is 9.85. The standard InChI is InChI=1S/C14H25NO3/c1-17-13(16)14(10-18-11-14)9-15-8-7-12-5-3-2-4-6-12/h12,15H,2-11H2,1H3. The first-order valence-corrected chi connectivity index (χ1v) is 7.14. The van der Waals surface area contributed by atoms with Crippen LogP contribution in [0, 0.1) is 11.3 Å². The van der Waals surface area contributed by atoms with Crippen LogP contribution >= 0.6 is 0 Å². The van der Waals surface area contributed by atoms with Crippen LogP contribution in [0.25, 0.3) is 0 Å². The van der Waals surface area contributed by atoms with Crippen LogP contribution in [0.15, 0.2) is 0 Å². The Balaban J connectivity index is 1.63. The van der Waals surface area contributed by atoms with Crippen molar-refractivity contribution < 1.29 is 14.3 Å². The van der Waals surface area contributed by atoms with Gasteiger partial charge in [-0.2, -0.15) is 0 Å². The predicted octanol–water partition coefficient (Wildman–Crippen LogP) is 1.74. The molecule has 1 aliphatic carbocycles. The number of nitrogens with one attached hydrogen (secondary N) is 1. The van der Waals surface area contributed by atoms with Gasteiger partial charge in [0.25, 0.3) is 0 Å². The number of carbonyl (C=O) groups excluding carboxylic acids is 1. The second-order valence-electron chi connectivity index (χ2n) is 5.73. The zero-order chi connectivity index (χ0) is 12.8. The third-order valence-corrected chi connectivity index (χ3v) is 4.29. The van der Waals surface area contributed by atoms with Crippen molar-refractivity contribution in [2.24, 2.45) is 11.3 Å². The average molecular weight is 255 g/mol. The lowest BCUT2D eigenvalue weighted by Crippen LogP contribution is -2.55. The van der Waals surface area contributed by atoms with Gasteiger partial charge in [-0.05, 0) is 18.9 Å². The Kier molecular flexibility index (Phi) is 5.01. The minimum atomic E-state index is -0.415. The molecule has 1 heterocycles. The summed E-state index contributed by atoms with van der Waals surface area (Å²) >= 11 is 0. The molecule has 0 aromatic carbocycles. The number of methoxy groups -OCH3 is 1. The molecule has 0 aromatic rings. The molecule has 0 spiro atoms. The van der Waals surface area contributed by atoms with E-state index in [2.05, 4.69) is 5.32 Å². The Bertz CT molecular complexity index is 270. The normalized spacial score (nSPS) is 23.4. The third kappa shape index (κ3) is 3.23. The zero-order valence-electron chi connectivity index (χ0n) is 11.4. The van der Waals surface area contributed by atoms with Gasteiger partial charge in [0.15, 0.2) is 0 Å². The van der Waals surface area contributed by atoms with E-state index in [1.807, 2.05) is 0 Å². The lowest BCUT2D eigenvalue weighted by Gasteiger charge is -2.38. The second-order valence-corrected chi connectivity index (χ2v) is 5.73. The van der Waals surface area contributed by atoms with Gasteiger partial charge in [-0.3, -0.25) is 4.79 Å². The van der Waals surface area contributed by atoms with Crippen molar-refractivity contribution in [2.45, 2.75) is 38.5 Å². The van der Waals surface area contributed by atoms with Crippen molar-refractivity contribution >= 4 is 5.97 Å². The zero-order valence-corrected chi connectivity index (χ0v) is 11.4. The fraction of sp³-hybridized carbons (Fsp3) is 0.929. The number of rotatable bonds is 6. The molecule has 0 unspecified atom stereocenters. The fourth-order valence-corrected chi connectivity index (χ4v) is 2.97. The van der Waals surface area contributed by atoms with E-state index in [0.29, 0.717) is 19.8 Å². The molecule has 1 saturated heterocycles. The van der Waals surface area contributed by atoms with E-state index in [4.69, 9.17) is 9.47 Å². The number of carbonyl (C=O) groups is 1. The van der Waals surface area contributed by atoms with Gasteiger partial charge in [0.2, 0.25) is 0 Å². The summed E-state index contributed by atoms with van der Waals surface area (Å²) in [6.45, 7) is 2.68. The van der Waals surface area contributed by atoms with Gasteiger partial charge in [-0.25, -0.2) is 0 Å². The monoisotopic (exact) mass is 255 g/mol. The van der Waals surface area contributed by atoms with E-state index in [0.717, 1.165) is 12.5 Å². The molecule has 1 N–H and O–H groups in total. The molecule has 0 bridgehead atoms. The van der Waals surface area contributed by atoms with Gasteiger partial charge < -0.3 is 14.8 Å². The maximum atomic E-state index is 11.7. The molecule has 0 aromatic heterocycles. The molecule has 2 fully saturated rings. The van der Waals surface area contributed by atoms with Gasteiger partial charge in [-0.15, -0.1) is 0 Å². The summed E-state index contributed by atoms with van der Waals surface area (Å²) < 4.78 is 10.0. The highest BCUT2D eigenvalue weighted by atomic mass is 16.5. The van der Waals surface area contributed by atoms with Crippen LogP contribution in [-0.4, -0.2) is 39.4 Å². The highest BCUT2D eigenvalue weighted by molar-refractivity contribution is 5.78. The molecule has 2 aliphatic rings. The molecular formula is C14H25NO3. The molecule has 4 heteroatoms. The van der Waals surface area contributed by atoms with Crippen LogP contribution in [0.1, 0.15) is 38.5 Å². The van der Waals surface area contributed by atoms with Crippen molar-refractivity contribution in [2.75, 3.05) is 33.4 Å². The average Bonchev–Trinajstić information content (AvgIpc) is 2.37. The first kappa shape index (κ1) is 13.8. The lowest BCUT2D eigenvalue weighted by molar-refractivity contribution is -0.182. The summed E-state index contributed by atoms with van der Waals surface area (Å²) in [6.07, 6.45) is 8.19. The molecule has 1 saturated carbocycles. The second kappa shape index (κ2) is 6.53. The summed E-state index contributed by atoms with van der Waals surface area (Å²) in [7, 11) is 1.45. The van der Waals surface area contributed by atoms with Crippen LogP contribution in [0.4, 0.5) is 0 Å². The molecule has 0 amide bonds. The molecule has 18 heavy (non-hydrogen) atoms. The third-order valence-electron chi connectivity index (χ3n) is 4.29. The largest absolute Gasteiger partial charge is 0.468 e. The Morgan fingerprint density at radius 3 is 2.61 bits per heavy atom. The Morgan fingerprint density at radius 2 is 2.06 bits per heavy atom. The molecule has 0 radical (unpaired) electrons. The Hall–Kier alpha value is -0.610. The van der Waals surface area contributed by atoms with E-state index in [1.165, 1.54) is 45.6 Å². The maximum absolute atomic E-state index is 11.7. The molecule has 2 rings (SSSR count). The quantitative estimate of drug-likeness (QED) is 0.580. The molecular weight excluding hydrogens is 230 g/mol. The smallest absolute Gasteiger partial charge is 0.317 e. The Morgan fingerprint density at radius 1 is 1.33 bits per heavy atom. The molecule has 104 valence electrons. The van der Waals surface area contributed by atoms with E-state index in [-0.39, 0.29) is 5.97 Å². The van der Waals surface area contributed by atoms with Gasteiger partial charge in [0.1, 0.15) is 5.41 Å². The first-order chi connectivity index (χ1) is 8.77. The van der Waals surface area contributed by atoms with Gasteiger partial charge in [0.05, 0.1) is 20.3 Å². The van der Waals surface area contributed by atoms with Crippen molar-refractivity contribution in [3.8, 4) is 0 Å². The molecule has 4 nitrogen and oxygen atoms in total. The van der Waals surface area contributed by atoms with Crippen LogP contribution in [-0.2, 0) is 14.3 Å². The number of hydrogen-bond donors (Lipinski definition) is 1. The van der Waals surface area contributed by atoms with Crippen LogP contribution < -0.4 is 5.32 Å². The summed E-state index contributed by atoms with van der Waals surface area (Å²) in [6, 6.07) is 0. The molecule has 0 atom stereocenters. The topological polar surface area (TPSA) is 47.6 Å². The van der Waals surface area contributed by atoms with Crippen LogP contribution in [0.2, 0.25) is 0 Å². The number of ether oxygens (including phenoxy) is 2. The number of esters is 1. The Labute approximate surface area is 109 Å². The fourth-order valence-electron chi connectivity index (χ4n) is 2.97. The van der Waals surface area contributed by atoms with E-state index in [1.54, 1.807) is 0 Å². The predicted molar refractivity (Wildman–Crippen MR) is 69.3 cm³/mol. The highest BCUT2D eigenvalue weighted by Crippen LogP contribution is 2.29. The summed E-state index contributed by atoms with van der Waals surface area (Å²) in [5.74, 6) is 0.747. The van der Waals surface area contributed by atoms with Crippen molar-refractivity contribution in [3.05, 3.63) is 0 Å². The minimum absolute atomic E-state index is 0.140. The van der Waals surface area contributed by atoms with Crippen molar-refractivity contribution in [3.63, 3.8) is 0 Å². The SMILES string of the molecule is COC(=O)C1(CNCCC2CCCCC2)COC1. The highest BCUT2D eigenvalue weighted by Gasteiger charge is 2.46. The summed E-state index contributed by atoms with van der Waals surface area (Å²) in [4.78, 5) is 11.7. The van der Waals surface area contributed by atoms with Gasteiger partial charge >= 0.3 is 5.97 Å². The van der Waals surface area contributed by atoms with Gasteiger partial charge in [-0.1, -0.05) is 32.1 Å².